The second-order valence-electron chi connectivity index (χ2n) is 3.77. The molecule has 0 saturated carbocycles. The molecule has 0 aliphatic carbocycles. The Morgan fingerprint density at radius 3 is 2.68 bits per heavy atom. The van der Waals surface area contributed by atoms with E-state index in [1.807, 2.05) is 6.07 Å². The van der Waals surface area contributed by atoms with Crippen LogP contribution in [-0.4, -0.2) is 17.2 Å². The fraction of sp³-hybridized carbons (Fsp3) is 0. The minimum atomic E-state index is -0.321. The van der Waals surface area contributed by atoms with Gasteiger partial charge in [0.25, 0.3) is 5.91 Å². The molecule has 0 fully saturated rings. The second-order valence-corrected chi connectivity index (χ2v) is 4.20. The molecule has 2 aromatic rings. The summed E-state index contributed by atoms with van der Waals surface area (Å²) in [6.07, 6.45) is 1.34. The first-order valence-electron chi connectivity index (χ1n) is 5.54. The van der Waals surface area contributed by atoms with Gasteiger partial charge in [-0.1, -0.05) is 29.8 Å². The molecule has 2 rings (SSSR count). The minimum absolute atomic E-state index is 0.0436. The number of carbonyl (C=O) groups is 1. The fourth-order valence-electron chi connectivity index (χ4n) is 1.44. The number of hydrogen-bond acceptors (Lipinski definition) is 3. The number of aromatic hydroxyl groups is 1. The van der Waals surface area contributed by atoms with Gasteiger partial charge < -0.3 is 5.11 Å². The molecule has 0 aliphatic heterocycles. The van der Waals surface area contributed by atoms with E-state index in [2.05, 4.69) is 10.5 Å². The highest BCUT2D eigenvalue weighted by atomic mass is 35.5. The Morgan fingerprint density at radius 2 is 1.95 bits per heavy atom. The van der Waals surface area contributed by atoms with E-state index in [1.54, 1.807) is 36.4 Å². The van der Waals surface area contributed by atoms with Gasteiger partial charge in [-0.15, -0.1) is 0 Å². The van der Waals surface area contributed by atoms with E-state index in [0.29, 0.717) is 16.1 Å². The van der Waals surface area contributed by atoms with E-state index in [0.717, 1.165) is 0 Å². The molecule has 0 bridgehead atoms. The average Bonchev–Trinajstić information content (AvgIpc) is 2.43. The number of carbonyl (C=O) groups excluding carboxylic acids is 1. The van der Waals surface area contributed by atoms with E-state index in [9.17, 15) is 9.90 Å². The molecule has 1 amide bonds. The molecule has 0 radical (unpaired) electrons. The Kier molecular flexibility index (Phi) is 4.15. The van der Waals surface area contributed by atoms with E-state index in [1.165, 1.54) is 12.3 Å². The molecule has 0 spiro atoms. The van der Waals surface area contributed by atoms with Gasteiger partial charge in [-0.25, -0.2) is 5.43 Å². The molecule has 4 nitrogen and oxygen atoms in total. The lowest BCUT2D eigenvalue weighted by Gasteiger charge is -2.00. The monoisotopic (exact) mass is 274 g/mol. The molecule has 5 heteroatoms. The standard InChI is InChI=1S/C14H11ClN2O2/c15-12-6-7-13(18)11(8-12)9-16-17-14(19)10-4-2-1-3-5-10/h1-9,18H,(H,17,19)/b16-9-. The van der Waals surface area contributed by atoms with Gasteiger partial charge in [0.1, 0.15) is 5.75 Å². The molecule has 19 heavy (non-hydrogen) atoms. The molecule has 0 heterocycles. The van der Waals surface area contributed by atoms with Crippen molar-refractivity contribution in [2.24, 2.45) is 5.10 Å². The quantitative estimate of drug-likeness (QED) is 0.668. The van der Waals surface area contributed by atoms with Crippen molar-refractivity contribution < 1.29 is 9.90 Å². The van der Waals surface area contributed by atoms with Gasteiger partial charge in [-0.2, -0.15) is 5.10 Å². The van der Waals surface area contributed by atoms with Crippen LogP contribution in [0.15, 0.2) is 53.6 Å². The van der Waals surface area contributed by atoms with Crippen molar-refractivity contribution in [2.75, 3.05) is 0 Å². The summed E-state index contributed by atoms with van der Waals surface area (Å²) >= 11 is 5.79. The second kappa shape index (κ2) is 6.02. The third-order valence-corrected chi connectivity index (χ3v) is 2.63. The first-order valence-corrected chi connectivity index (χ1v) is 5.91. The predicted molar refractivity (Wildman–Crippen MR) is 74.6 cm³/mol. The maximum atomic E-state index is 11.7. The predicted octanol–water partition coefficient (Wildman–Crippen LogP) is 2.81. The Hall–Kier alpha value is -2.33. The SMILES string of the molecule is O=C(N/N=C\c1cc(Cl)ccc1O)c1ccccc1. The summed E-state index contributed by atoms with van der Waals surface area (Å²) in [4.78, 5) is 11.7. The van der Waals surface area contributed by atoms with Gasteiger partial charge in [-0.3, -0.25) is 4.79 Å². The lowest BCUT2D eigenvalue weighted by Crippen LogP contribution is -2.17. The van der Waals surface area contributed by atoms with Crippen molar-refractivity contribution in [3.63, 3.8) is 0 Å². The molecule has 2 N–H and O–H groups in total. The topological polar surface area (TPSA) is 61.7 Å². The van der Waals surface area contributed by atoms with Crippen LogP contribution in [0, 0.1) is 0 Å². The number of hydrogen-bond donors (Lipinski definition) is 2. The number of halogens is 1. The van der Waals surface area contributed by atoms with Crippen molar-refractivity contribution in [3.05, 3.63) is 64.7 Å². The number of nitrogens with one attached hydrogen (secondary N) is 1. The van der Waals surface area contributed by atoms with Crippen molar-refractivity contribution in [1.82, 2.24) is 5.43 Å². The summed E-state index contributed by atoms with van der Waals surface area (Å²) in [7, 11) is 0. The molecule has 0 aromatic heterocycles. The van der Waals surface area contributed by atoms with Crippen molar-refractivity contribution in [2.45, 2.75) is 0 Å². The highest BCUT2D eigenvalue weighted by Gasteiger charge is 2.02. The van der Waals surface area contributed by atoms with Crippen molar-refractivity contribution in [1.29, 1.82) is 0 Å². The molecule has 0 saturated heterocycles. The highest BCUT2D eigenvalue weighted by molar-refractivity contribution is 6.30. The molecule has 0 unspecified atom stereocenters. The lowest BCUT2D eigenvalue weighted by molar-refractivity contribution is 0.0955. The largest absolute Gasteiger partial charge is 0.507 e. The van der Waals surface area contributed by atoms with Gasteiger partial charge >= 0.3 is 0 Å². The smallest absolute Gasteiger partial charge is 0.271 e. The Labute approximate surface area is 115 Å². The summed E-state index contributed by atoms with van der Waals surface area (Å²) in [5, 5.41) is 13.8. The van der Waals surface area contributed by atoms with Crippen LogP contribution in [0.4, 0.5) is 0 Å². The summed E-state index contributed by atoms with van der Waals surface area (Å²) in [6.45, 7) is 0. The molecule has 0 aliphatic rings. The van der Waals surface area contributed by atoms with Crippen molar-refractivity contribution >= 4 is 23.7 Å². The summed E-state index contributed by atoms with van der Waals surface area (Å²) in [6, 6.07) is 13.3. The number of phenols is 1. The fourth-order valence-corrected chi connectivity index (χ4v) is 1.62. The Bertz CT molecular complexity index is 612. The molecular formula is C14H11ClN2O2. The molecule has 0 atom stereocenters. The van der Waals surface area contributed by atoms with E-state index in [-0.39, 0.29) is 11.7 Å². The van der Waals surface area contributed by atoms with Crippen LogP contribution in [-0.2, 0) is 0 Å². The maximum Gasteiger partial charge on any atom is 0.271 e. The zero-order chi connectivity index (χ0) is 13.7. The first kappa shape index (κ1) is 13.1. The van der Waals surface area contributed by atoms with Gasteiger partial charge in [-0.05, 0) is 30.3 Å². The number of hydrazone groups is 1. The van der Waals surface area contributed by atoms with Gasteiger partial charge in [0.05, 0.1) is 6.21 Å². The minimum Gasteiger partial charge on any atom is -0.507 e. The maximum absolute atomic E-state index is 11.7. The van der Waals surface area contributed by atoms with E-state index >= 15 is 0 Å². The number of rotatable bonds is 3. The Morgan fingerprint density at radius 1 is 1.21 bits per heavy atom. The van der Waals surface area contributed by atoms with E-state index < -0.39 is 0 Å². The third-order valence-electron chi connectivity index (χ3n) is 2.40. The average molecular weight is 275 g/mol. The molecule has 96 valence electrons. The van der Waals surface area contributed by atoms with Crippen molar-refractivity contribution in [3.8, 4) is 5.75 Å². The summed E-state index contributed by atoms with van der Waals surface area (Å²) in [5.41, 5.74) is 3.31. The number of nitrogens with zero attached hydrogens (tertiary/aromatic N) is 1. The molecular weight excluding hydrogens is 264 g/mol. The summed E-state index contributed by atoms with van der Waals surface area (Å²) < 4.78 is 0. The summed E-state index contributed by atoms with van der Waals surface area (Å²) in [5.74, 6) is -0.277. The highest BCUT2D eigenvalue weighted by Crippen LogP contribution is 2.19. The van der Waals surface area contributed by atoms with E-state index in [4.69, 9.17) is 11.6 Å². The van der Waals surface area contributed by atoms with Gasteiger partial charge in [0.15, 0.2) is 0 Å². The zero-order valence-electron chi connectivity index (χ0n) is 9.88. The number of phenolic OH excluding ortho intramolecular Hbond substituents is 1. The zero-order valence-corrected chi connectivity index (χ0v) is 10.6. The van der Waals surface area contributed by atoms with Crippen LogP contribution in [0.2, 0.25) is 5.02 Å². The van der Waals surface area contributed by atoms with Crippen LogP contribution in [0.3, 0.4) is 0 Å². The van der Waals surface area contributed by atoms with Gasteiger partial charge in [0, 0.05) is 16.1 Å². The Balaban J connectivity index is 2.04. The van der Waals surface area contributed by atoms with Gasteiger partial charge in [0.2, 0.25) is 0 Å². The normalized spacial score (nSPS) is 10.6. The number of amides is 1. The van der Waals surface area contributed by atoms with Crippen LogP contribution in [0.25, 0.3) is 0 Å². The third kappa shape index (κ3) is 3.56. The molecule has 2 aromatic carbocycles. The first-order chi connectivity index (χ1) is 9.16. The van der Waals surface area contributed by atoms with Crippen LogP contribution < -0.4 is 5.43 Å². The van der Waals surface area contributed by atoms with Crippen LogP contribution in [0.5, 0.6) is 5.75 Å². The lowest BCUT2D eigenvalue weighted by atomic mass is 10.2. The number of benzene rings is 2. The van der Waals surface area contributed by atoms with Crippen LogP contribution in [0.1, 0.15) is 15.9 Å². The van der Waals surface area contributed by atoms with Crippen LogP contribution >= 0.6 is 11.6 Å².